The first-order valence-electron chi connectivity index (χ1n) is 11.4. The molecule has 0 aliphatic carbocycles. The predicted molar refractivity (Wildman–Crippen MR) is 134 cm³/mol. The van der Waals surface area contributed by atoms with Crippen LogP contribution in [0.15, 0.2) is 53.9 Å². The zero-order valence-corrected chi connectivity index (χ0v) is 20.2. The number of benzene rings is 2. The molecular formula is C26H28N4O3S. The largest absolute Gasteiger partial charge is 0.336 e. The molecule has 0 saturated carbocycles. The second kappa shape index (κ2) is 10.6. The Hall–Kier alpha value is -3.52. The lowest BCUT2D eigenvalue weighted by Gasteiger charge is -2.33. The van der Waals surface area contributed by atoms with Gasteiger partial charge < -0.3 is 10.2 Å². The Bertz CT molecular complexity index is 1190. The van der Waals surface area contributed by atoms with Gasteiger partial charge in [0.2, 0.25) is 5.91 Å². The smallest absolute Gasteiger partial charge is 0.257 e. The standard InChI is InChI=1S/C26H28N4O3S/c1-17-14-20(25(33)30-13-7-6-8-18(30)2)11-12-22(17)28-23(31)15-21-16-34-26(27-21)29-24(32)19-9-4-3-5-10-19/h3-5,9-12,14,16,18H,6-8,13,15H2,1-2H3,(H,28,31)(H,27,29,32). The van der Waals surface area contributed by atoms with Crippen molar-refractivity contribution < 1.29 is 14.4 Å². The number of nitrogens with zero attached hydrogens (tertiary/aromatic N) is 2. The average molecular weight is 477 g/mol. The molecule has 0 radical (unpaired) electrons. The second-order valence-electron chi connectivity index (χ2n) is 8.56. The molecule has 8 heteroatoms. The number of aromatic nitrogens is 1. The highest BCUT2D eigenvalue weighted by atomic mass is 32.1. The van der Waals surface area contributed by atoms with Gasteiger partial charge in [-0.1, -0.05) is 18.2 Å². The zero-order chi connectivity index (χ0) is 24.1. The molecule has 0 bridgehead atoms. The van der Waals surface area contributed by atoms with E-state index in [1.807, 2.05) is 24.0 Å². The van der Waals surface area contributed by atoms with Crippen LogP contribution in [-0.2, 0) is 11.2 Å². The molecule has 2 aromatic carbocycles. The van der Waals surface area contributed by atoms with E-state index in [-0.39, 0.29) is 30.2 Å². The van der Waals surface area contributed by atoms with Gasteiger partial charge in [0.05, 0.1) is 12.1 Å². The van der Waals surface area contributed by atoms with E-state index in [2.05, 4.69) is 22.5 Å². The fourth-order valence-corrected chi connectivity index (χ4v) is 4.77. The maximum atomic E-state index is 12.9. The molecule has 1 unspecified atom stereocenters. The average Bonchev–Trinajstić information content (AvgIpc) is 3.27. The minimum absolute atomic E-state index is 0.0423. The SMILES string of the molecule is Cc1cc(C(=O)N2CCCCC2C)ccc1NC(=O)Cc1csc(NC(=O)c2ccccc2)n1. The van der Waals surface area contributed by atoms with Gasteiger partial charge in [0.25, 0.3) is 11.8 Å². The van der Waals surface area contributed by atoms with Crippen LogP contribution >= 0.6 is 11.3 Å². The summed E-state index contributed by atoms with van der Waals surface area (Å²) in [6.07, 6.45) is 3.32. The van der Waals surface area contributed by atoms with Crippen LogP contribution in [0.4, 0.5) is 10.8 Å². The Labute approximate surface area is 203 Å². The molecule has 1 saturated heterocycles. The van der Waals surface area contributed by atoms with Crippen molar-refractivity contribution in [3.05, 3.63) is 76.3 Å². The van der Waals surface area contributed by atoms with Crippen LogP contribution in [0.1, 0.15) is 58.2 Å². The van der Waals surface area contributed by atoms with Gasteiger partial charge in [-0.3, -0.25) is 19.7 Å². The molecule has 1 aliphatic heterocycles. The number of piperidine rings is 1. The third-order valence-electron chi connectivity index (χ3n) is 5.96. The maximum Gasteiger partial charge on any atom is 0.257 e. The lowest BCUT2D eigenvalue weighted by atomic mass is 10.0. The van der Waals surface area contributed by atoms with E-state index < -0.39 is 0 Å². The van der Waals surface area contributed by atoms with Crippen molar-refractivity contribution in [1.82, 2.24) is 9.88 Å². The van der Waals surface area contributed by atoms with Crippen LogP contribution < -0.4 is 10.6 Å². The number of hydrogen-bond acceptors (Lipinski definition) is 5. The topological polar surface area (TPSA) is 91.4 Å². The van der Waals surface area contributed by atoms with Gasteiger partial charge in [0.1, 0.15) is 0 Å². The summed E-state index contributed by atoms with van der Waals surface area (Å²) >= 11 is 1.28. The van der Waals surface area contributed by atoms with Crippen LogP contribution in [-0.4, -0.2) is 40.2 Å². The van der Waals surface area contributed by atoms with E-state index in [4.69, 9.17) is 0 Å². The molecule has 2 heterocycles. The molecule has 2 N–H and O–H groups in total. The number of amides is 3. The van der Waals surface area contributed by atoms with Crippen molar-refractivity contribution in [2.45, 2.75) is 45.6 Å². The summed E-state index contributed by atoms with van der Waals surface area (Å²) < 4.78 is 0. The van der Waals surface area contributed by atoms with Crippen LogP contribution in [0.5, 0.6) is 0 Å². The third kappa shape index (κ3) is 5.69. The normalized spacial score (nSPS) is 15.6. The number of thiazole rings is 1. The molecular weight excluding hydrogens is 448 g/mol. The van der Waals surface area contributed by atoms with Crippen LogP contribution in [0.25, 0.3) is 0 Å². The summed E-state index contributed by atoms with van der Waals surface area (Å²) in [5, 5.41) is 7.87. The van der Waals surface area contributed by atoms with E-state index in [1.54, 1.807) is 41.8 Å². The molecule has 4 rings (SSSR count). The van der Waals surface area contributed by atoms with Crippen molar-refractivity contribution in [2.75, 3.05) is 17.2 Å². The highest BCUT2D eigenvalue weighted by Crippen LogP contribution is 2.23. The first kappa shape index (κ1) is 23.6. The molecule has 1 atom stereocenters. The fourth-order valence-electron chi connectivity index (χ4n) is 4.07. The van der Waals surface area contributed by atoms with Gasteiger partial charge in [-0.25, -0.2) is 4.98 Å². The highest BCUT2D eigenvalue weighted by molar-refractivity contribution is 7.14. The second-order valence-corrected chi connectivity index (χ2v) is 9.42. The summed E-state index contributed by atoms with van der Waals surface area (Å²) in [4.78, 5) is 44.1. The Balaban J connectivity index is 1.34. The lowest BCUT2D eigenvalue weighted by Crippen LogP contribution is -2.42. The van der Waals surface area contributed by atoms with E-state index in [1.165, 1.54) is 11.3 Å². The number of aryl methyl sites for hydroxylation is 1. The van der Waals surface area contributed by atoms with Gasteiger partial charge in [-0.15, -0.1) is 11.3 Å². The lowest BCUT2D eigenvalue weighted by molar-refractivity contribution is -0.115. The molecule has 3 aromatic rings. The molecule has 1 fully saturated rings. The van der Waals surface area contributed by atoms with Crippen LogP contribution in [0, 0.1) is 6.92 Å². The Morgan fingerprint density at radius 2 is 1.85 bits per heavy atom. The predicted octanol–water partition coefficient (Wildman–Crippen LogP) is 4.90. The molecule has 1 aromatic heterocycles. The fraction of sp³-hybridized carbons (Fsp3) is 0.308. The quantitative estimate of drug-likeness (QED) is 0.529. The van der Waals surface area contributed by atoms with E-state index in [0.29, 0.717) is 27.6 Å². The zero-order valence-electron chi connectivity index (χ0n) is 19.3. The Morgan fingerprint density at radius 3 is 2.59 bits per heavy atom. The number of likely N-dealkylation sites (tertiary alicyclic amines) is 1. The van der Waals surface area contributed by atoms with Crippen LogP contribution in [0.2, 0.25) is 0 Å². The van der Waals surface area contributed by atoms with Crippen LogP contribution in [0.3, 0.4) is 0 Å². The van der Waals surface area contributed by atoms with E-state index in [0.717, 1.165) is 31.4 Å². The Kier molecular flexibility index (Phi) is 7.37. The van der Waals surface area contributed by atoms with Gasteiger partial charge in [-0.05, 0) is 69.0 Å². The van der Waals surface area contributed by atoms with E-state index in [9.17, 15) is 14.4 Å². The molecule has 1 aliphatic rings. The van der Waals surface area contributed by atoms with Gasteiger partial charge >= 0.3 is 0 Å². The van der Waals surface area contributed by atoms with Crippen molar-refractivity contribution in [3.63, 3.8) is 0 Å². The summed E-state index contributed by atoms with van der Waals surface area (Å²) in [5.74, 6) is -0.408. The number of nitrogens with one attached hydrogen (secondary N) is 2. The molecule has 0 spiro atoms. The molecule has 3 amide bonds. The minimum atomic E-state index is -0.241. The van der Waals surface area contributed by atoms with Gasteiger partial charge in [0, 0.05) is 34.8 Å². The summed E-state index contributed by atoms with van der Waals surface area (Å²) in [6.45, 7) is 4.76. The number of carbonyl (C=O) groups is 3. The van der Waals surface area contributed by atoms with Crippen molar-refractivity contribution in [2.24, 2.45) is 0 Å². The maximum absolute atomic E-state index is 12.9. The third-order valence-corrected chi connectivity index (χ3v) is 6.77. The summed E-state index contributed by atoms with van der Waals surface area (Å²) in [7, 11) is 0. The number of rotatable bonds is 6. The van der Waals surface area contributed by atoms with Crippen molar-refractivity contribution >= 4 is 39.9 Å². The molecule has 176 valence electrons. The van der Waals surface area contributed by atoms with E-state index >= 15 is 0 Å². The summed E-state index contributed by atoms with van der Waals surface area (Å²) in [6, 6.07) is 14.5. The number of hydrogen-bond donors (Lipinski definition) is 2. The number of carbonyl (C=O) groups excluding carboxylic acids is 3. The van der Waals surface area contributed by atoms with Gasteiger partial charge in [0.15, 0.2) is 5.13 Å². The first-order valence-corrected chi connectivity index (χ1v) is 12.3. The molecule has 34 heavy (non-hydrogen) atoms. The molecule has 7 nitrogen and oxygen atoms in total. The first-order chi connectivity index (χ1) is 16.4. The number of anilines is 2. The summed E-state index contributed by atoms with van der Waals surface area (Å²) in [5.41, 5.74) is 3.26. The van der Waals surface area contributed by atoms with Crippen molar-refractivity contribution in [3.8, 4) is 0 Å². The monoisotopic (exact) mass is 476 g/mol. The minimum Gasteiger partial charge on any atom is -0.336 e. The van der Waals surface area contributed by atoms with Crippen molar-refractivity contribution in [1.29, 1.82) is 0 Å². The Morgan fingerprint density at radius 1 is 1.06 bits per heavy atom. The van der Waals surface area contributed by atoms with Gasteiger partial charge in [-0.2, -0.15) is 0 Å². The highest BCUT2D eigenvalue weighted by Gasteiger charge is 2.24.